The lowest BCUT2D eigenvalue weighted by Crippen LogP contribution is -2.19. The van der Waals surface area contributed by atoms with E-state index in [2.05, 4.69) is 54.5 Å². The molecule has 0 atom stereocenters. The van der Waals surface area contributed by atoms with Crippen molar-refractivity contribution >= 4 is 40.2 Å². The highest BCUT2D eigenvalue weighted by Gasteiger charge is 2.28. The van der Waals surface area contributed by atoms with E-state index in [1.54, 1.807) is 15.9 Å². The van der Waals surface area contributed by atoms with Crippen LogP contribution in [0.1, 0.15) is 75.6 Å². The fraction of sp³-hybridized carbons (Fsp3) is 0.300. The lowest BCUT2D eigenvalue weighted by molar-refractivity contribution is 0.0951. The first-order valence-corrected chi connectivity index (χ1v) is 13.6. The lowest BCUT2D eigenvalue weighted by atomic mass is 9.77. The van der Waals surface area contributed by atoms with Gasteiger partial charge in [0.25, 0.3) is 0 Å². The second kappa shape index (κ2) is 9.51. The lowest BCUT2D eigenvalue weighted by Gasteiger charge is -2.29. The number of fused-ring (bicyclic) bond motifs is 2. The topological polar surface area (TPSA) is 73.3 Å². The summed E-state index contributed by atoms with van der Waals surface area (Å²) in [5, 5.41) is 6.59. The van der Waals surface area contributed by atoms with Crippen molar-refractivity contribution < 1.29 is 4.79 Å². The van der Waals surface area contributed by atoms with E-state index in [0.29, 0.717) is 24.1 Å². The zero-order valence-corrected chi connectivity index (χ0v) is 21.3. The molecule has 0 amide bonds. The van der Waals surface area contributed by atoms with Gasteiger partial charge in [-0.1, -0.05) is 42.5 Å². The number of anilines is 1. The summed E-state index contributed by atoms with van der Waals surface area (Å²) in [5.41, 5.74) is 14.2. The van der Waals surface area contributed by atoms with Crippen LogP contribution in [0.3, 0.4) is 0 Å². The number of carbonyl (C=O) groups excluding carboxylic acids is 1. The molecule has 182 valence electrons. The quantitative estimate of drug-likeness (QED) is 0.307. The third-order valence-corrected chi connectivity index (χ3v) is 8.69. The maximum Gasteiger partial charge on any atom is 0.173 e. The predicted molar refractivity (Wildman–Crippen MR) is 147 cm³/mol. The number of nitrogens with zero attached hydrogens (tertiary/aromatic N) is 3. The molecular weight excluding hydrogens is 464 g/mol. The van der Waals surface area contributed by atoms with Gasteiger partial charge >= 0.3 is 0 Å². The Morgan fingerprint density at radius 1 is 1.14 bits per heavy atom. The van der Waals surface area contributed by atoms with Crippen molar-refractivity contribution in [3.8, 4) is 0 Å². The second-order valence-electron chi connectivity index (χ2n) is 10.0. The van der Waals surface area contributed by atoms with Gasteiger partial charge in [-0.05, 0) is 79.2 Å². The van der Waals surface area contributed by atoms with Crippen LogP contribution in [0.25, 0.3) is 17.3 Å². The minimum atomic E-state index is 0.281. The van der Waals surface area contributed by atoms with Crippen molar-refractivity contribution in [3.63, 3.8) is 0 Å². The normalized spacial score (nSPS) is 19.6. The van der Waals surface area contributed by atoms with Gasteiger partial charge < -0.3 is 5.73 Å². The average molecular weight is 495 g/mol. The van der Waals surface area contributed by atoms with Gasteiger partial charge in [0, 0.05) is 23.5 Å². The molecule has 36 heavy (non-hydrogen) atoms. The Balaban J connectivity index is 1.28. The van der Waals surface area contributed by atoms with Crippen LogP contribution >= 0.6 is 11.3 Å². The minimum absolute atomic E-state index is 0.281. The molecule has 3 aromatic heterocycles. The number of nitrogens with two attached hydrogens (primary N) is 1. The van der Waals surface area contributed by atoms with Crippen molar-refractivity contribution in [1.29, 1.82) is 0 Å². The molecule has 1 fully saturated rings. The standard InChI is InChI=1S/C30H30N4OS/c1-19-28(22-13-11-20(12-14-22)16-26(35)27-10-5-15-36-27)33-30-25(18-32-34(30)29(19)31)24-9-4-8-21-6-2-3-7-23(21)17-24/h2-7,9-10,15,17-18,20,22H,8,11-14,16,31H2,1H3. The molecule has 0 aliphatic heterocycles. The molecule has 1 saturated carbocycles. The smallest absolute Gasteiger partial charge is 0.173 e. The van der Waals surface area contributed by atoms with Crippen LogP contribution in [0, 0.1) is 12.8 Å². The highest BCUT2D eigenvalue weighted by atomic mass is 32.1. The van der Waals surface area contributed by atoms with Crippen molar-refractivity contribution in [3.05, 3.63) is 93.0 Å². The van der Waals surface area contributed by atoms with Gasteiger partial charge in [0.1, 0.15) is 5.82 Å². The zero-order valence-electron chi connectivity index (χ0n) is 20.5. The number of hydrogen-bond acceptors (Lipinski definition) is 5. The molecule has 1 aromatic carbocycles. The fourth-order valence-corrected chi connectivity index (χ4v) is 6.39. The van der Waals surface area contributed by atoms with Crippen LogP contribution in [0.2, 0.25) is 0 Å². The monoisotopic (exact) mass is 494 g/mol. The van der Waals surface area contributed by atoms with E-state index in [9.17, 15) is 4.79 Å². The third kappa shape index (κ3) is 4.20. The molecule has 0 radical (unpaired) electrons. The summed E-state index contributed by atoms with van der Waals surface area (Å²) in [6.45, 7) is 2.06. The van der Waals surface area contributed by atoms with E-state index in [0.717, 1.165) is 65.0 Å². The summed E-state index contributed by atoms with van der Waals surface area (Å²) >= 11 is 1.54. The molecule has 2 N–H and O–H groups in total. The van der Waals surface area contributed by atoms with E-state index >= 15 is 0 Å². The van der Waals surface area contributed by atoms with E-state index in [4.69, 9.17) is 10.7 Å². The minimum Gasteiger partial charge on any atom is -0.383 e. The van der Waals surface area contributed by atoms with Gasteiger partial charge in [0.05, 0.1) is 16.8 Å². The number of nitrogen functional groups attached to an aromatic ring is 1. The van der Waals surface area contributed by atoms with Gasteiger partial charge in [-0.2, -0.15) is 9.61 Å². The predicted octanol–water partition coefficient (Wildman–Crippen LogP) is 6.88. The molecule has 3 heterocycles. The van der Waals surface area contributed by atoms with Crippen LogP contribution in [-0.4, -0.2) is 20.4 Å². The molecule has 0 unspecified atom stereocenters. The Bertz CT molecular complexity index is 1490. The molecule has 6 rings (SSSR count). The number of Topliss-reactive ketones (excluding diaryl/α,β-unsaturated/α-hetero) is 1. The van der Waals surface area contributed by atoms with E-state index in [-0.39, 0.29) is 5.78 Å². The summed E-state index contributed by atoms with van der Waals surface area (Å²) in [6, 6.07) is 12.4. The molecule has 5 nitrogen and oxygen atoms in total. The molecule has 6 heteroatoms. The molecule has 0 bridgehead atoms. The van der Waals surface area contributed by atoms with Gasteiger partial charge in [0.2, 0.25) is 0 Å². The molecular formula is C30H30N4OS. The summed E-state index contributed by atoms with van der Waals surface area (Å²) in [7, 11) is 0. The Morgan fingerprint density at radius 3 is 2.78 bits per heavy atom. The summed E-state index contributed by atoms with van der Waals surface area (Å²) in [5.74, 6) is 1.75. The Hall–Kier alpha value is -3.51. The average Bonchev–Trinajstić information content (AvgIpc) is 3.53. The molecule has 0 spiro atoms. The number of ketones is 1. The summed E-state index contributed by atoms with van der Waals surface area (Å²) < 4.78 is 1.78. The summed E-state index contributed by atoms with van der Waals surface area (Å²) in [6.07, 6.45) is 14.2. The molecule has 0 saturated heterocycles. The first kappa shape index (κ1) is 22.9. The van der Waals surface area contributed by atoms with Gasteiger partial charge in [-0.3, -0.25) is 4.79 Å². The third-order valence-electron chi connectivity index (χ3n) is 7.78. The van der Waals surface area contributed by atoms with Crippen LogP contribution in [0.4, 0.5) is 5.82 Å². The maximum absolute atomic E-state index is 12.6. The maximum atomic E-state index is 12.6. The Morgan fingerprint density at radius 2 is 1.97 bits per heavy atom. The van der Waals surface area contributed by atoms with Crippen molar-refractivity contribution in [2.24, 2.45) is 5.92 Å². The first-order chi connectivity index (χ1) is 17.6. The zero-order chi connectivity index (χ0) is 24.6. The first-order valence-electron chi connectivity index (χ1n) is 12.8. The molecule has 2 aliphatic rings. The largest absolute Gasteiger partial charge is 0.383 e. The number of aromatic nitrogens is 3. The SMILES string of the molecule is Cc1c(C2CCC(CC(=O)c3cccs3)CC2)nc2c(C3=Cc4ccccc4CC=C3)cnn2c1N. The van der Waals surface area contributed by atoms with Crippen molar-refractivity contribution in [1.82, 2.24) is 14.6 Å². The number of carbonyl (C=O) groups is 1. The number of rotatable bonds is 5. The molecule has 2 aliphatic carbocycles. The number of thiophene rings is 1. The Labute approximate surface area is 215 Å². The van der Waals surface area contributed by atoms with Crippen LogP contribution in [0.15, 0.2) is 60.1 Å². The van der Waals surface area contributed by atoms with Gasteiger partial charge in [-0.25, -0.2) is 4.98 Å². The molecule has 4 aromatic rings. The van der Waals surface area contributed by atoms with E-state index in [1.165, 1.54) is 11.1 Å². The van der Waals surface area contributed by atoms with Crippen LogP contribution < -0.4 is 5.73 Å². The van der Waals surface area contributed by atoms with E-state index < -0.39 is 0 Å². The fourth-order valence-electron chi connectivity index (χ4n) is 5.71. The Kier molecular flexibility index (Phi) is 6.05. The number of benzene rings is 1. The highest BCUT2D eigenvalue weighted by Crippen LogP contribution is 2.40. The van der Waals surface area contributed by atoms with Crippen LogP contribution in [0.5, 0.6) is 0 Å². The van der Waals surface area contributed by atoms with Crippen molar-refractivity contribution in [2.75, 3.05) is 5.73 Å². The second-order valence-corrected chi connectivity index (χ2v) is 11.0. The van der Waals surface area contributed by atoms with Crippen LogP contribution in [-0.2, 0) is 6.42 Å². The van der Waals surface area contributed by atoms with Crippen molar-refractivity contribution in [2.45, 2.75) is 51.4 Å². The summed E-state index contributed by atoms with van der Waals surface area (Å²) in [4.78, 5) is 18.7. The number of hydrogen-bond donors (Lipinski definition) is 1. The van der Waals surface area contributed by atoms with Gasteiger partial charge in [0.15, 0.2) is 11.4 Å². The number of allylic oxidation sites excluding steroid dienone is 3. The van der Waals surface area contributed by atoms with E-state index in [1.807, 2.05) is 23.7 Å². The highest BCUT2D eigenvalue weighted by molar-refractivity contribution is 7.12. The van der Waals surface area contributed by atoms with Gasteiger partial charge in [-0.15, -0.1) is 11.3 Å².